The van der Waals surface area contributed by atoms with Crippen LogP contribution in [0.3, 0.4) is 0 Å². The van der Waals surface area contributed by atoms with Gasteiger partial charge >= 0.3 is 0 Å². The monoisotopic (exact) mass is 278 g/mol. The fraction of sp³-hybridized carbons (Fsp3) is 0.562. The average Bonchev–Trinajstić information content (AvgIpc) is 2.41. The molecular formula is C16H26N2O2. The van der Waals surface area contributed by atoms with E-state index in [0.29, 0.717) is 26.2 Å². The third-order valence-corrected chi connectivity index (χ3v) is 3.30. The van der Waals surface area contributed by atoms with Crippen molar-refractivity contribution in [1.82, 2.24) is 10.6 Å². The first-order valence-corrected chi connectivity index (χ1v) is 6.99. The Morgan fingerprint density at radius 2 is 2.10 bits per heavy atom. The molecule has 0 aliphatic carbocycles. The summed E-state index contributed by atoms with van der Waals surface area (Å²) in [5.74, 6) is 0.0156. The number of nitrogens with one attached hydrogen (secondary N) is 2. The Balaban J connectivity index is 2.41. The molecule has 4 nitrogen and oxygen atoms in total. The highest BCUT2D eigenvalue weighted by Crippen LogP contribution is 2.22. The molecule has 0 saturated heterocycles. The topological polar surface area (TPSA) is 50.4 Å². The molecule has 0 heterocycles. The van der Waals surface area contributed by atoms with E-state index in [2.05, 4.69) is 55.7 Å². The van der Waals surface area contributed by atoms with Crippen molar-refractivity contribution in [1.29, 1.82) is 0 Å². The maximum atomic E-state index is 11.7. The van der Waals surface area contributed by atoms with Crippen LogP contribution in [0.15, 0.2) is 24.3 Å². The van der Waals surface area contributed by atoms with Gasteiger partial charge < -0.3 is 15.4 Å². The SMILES string of the molecule is COCCNCC(=O)NCC(C)(C)c1cccc(C)c1. The lowest BCUT2D eigenvalue weighted by Crippen LogP contribution is -2.41. The molecule has 2 N–H and O–H groups in total. The van der Waals surface area contributed by atoms with Crippen LogP contribution in [0.5, 0.6) is 0 Å². The van der Waals surface area contributed by atoms with Crippen LogP contribution in [-0.4, -0.2) is 39.3 Å². The number of carbonyl (C=O) groups excluding carboxylic acids is 1. The molecule has 0 atom stereocenters. The van der Waals surface area contributed by atoms with E-state index in [1.807, 2.05) is 0 Å². The minimum absolute atomic E-state index is 0.0156. The van der Waals surface area contributed by atoms with Crippen molar-refractivity contribution >= 4 is 5.91 Å². The molecule has 112 valence electrons. The largest absolute Gasteiger partial charge is 0.383 e. The second kappa shape index (κ2) is 8.02. The summed E-state index contributed by atoms with van der Waals surface area (Å²) in [6, 6.07) is 8.41. The average molecular weight is 278 g/mol. The molecule has 0 radical (unpaired) electrons. The first-order valence-electron chi connectivity index (χ1n) is 6.99. The number of methoxy groups -OCH3 is 1. The van der Waals surface area contributed by atoms with Gasteiger partial charge in [0.05, 0.1) is 13.2 Å². The molecule has 0 aliphatic heterocycles. The van der Waals surface area contributed by atoms with Crippen LogP contribution in [0.1, 0.15) is 25.0 Å². The fourth-order valence-electron chi connectivity index (χ4n) is 1.93. The van der Waals surface area contributed by atoms with E-state index in [1.165, 1.54) is 11.1 Å². The fourth-order valence-corrected chi connectivity index (χ4v) is 1.93. The van der Waals surface area contributed by atoms with Crippen molar-refractivity contribution in [2.45, 2.75) is 26.2 Å². The Bertz CT molecular complexity index is 430. The van der Waals surface area contributed by atoms with Crippen molar-refractivity contribution in [3.05, 3.63) is 35.4 Å². The number of aryl methyl sites for hydroxylation is 1. The predicted octanol–water partition coefficient (Wildman–Crippen LogP) is 1.62. The molecule has 4 heteroatoms. The van der Waals surface area contributed by atoms with E-state index >= 15 is 0 Å². The molecule has 0 fully saturated rings. The number of benzene rings is 1. The van der Waals surface area contributed by atoms with Crippen LogP contribution >= 0.6 is 0 Å². The summed E-state index contributed by atoms with van der Waals surface area (Å²) in [5, 5.41) is 6.01. The first kappa shape index (κ1) is 16.7. The number of carbonyl (C=O) groups is 1. The Morgan fingerprint density at radius 1 is 1.35 bits per heavy atom. The van der Waals surface area contributed by atoms with Crippen molar-refractivity contribution in [3.8, 4) is 0 Å². The molecule has 20 heavy (non-hydrogen) atoms. The second-order valence-corrected chi connectivity index (χ2v) is 5.70. The third-order valence-electron chi connectivity index (χ3n) is 3.30. The van der Waals surface area contributed by atoms with Gasteiger partial charge in [-0.1, -0.05) is 43.7 Å². The van der Waals surface area contributed by atoms with E-state index in [4.69, 9.17) is 4.74 Å². The Hall–Kier alpha value is -1.39. The highest BCUT2D eigenvalue weighted by molar-refractivity contribution is 5.78. The molecule has 0 aliphatic rings. The van der Waals surface area contributed by atoms with Gasteiger partial charge in [-0.15, -0.1) is 0 Å². The summed E-state index contributed by atoms with van der Waals surface area (Å²) in [7, 11) is 1.64. The first-order chi connectivity index (χ1) is 9.45. The zero-order valence-corrected chi connectivity index (χ0v) is 13.0. The molecule has 0 spiro atoms. The molecule has 1 aromatic carbocycles. The molecule has 1 aromatic rings. The summed E-state index contributed by atoms with van der Waals surface area (Å²) < 4.78 is 4.91. The van der Waals surface area contributed by atoms with Gasteiger partial charge in [-0.2, -0.15) is 0 Å². The van der Waals surface area contributed by atoms with Crippen molar-refractivity contribution < 1.29 is 9.53 Å². The van der Waals surface area contributed by atoms with Crippen LogP contribution < -0.4 is 10.6 Å². The predicted molar refractivity (Wildman–Crippen MR) is 82.0 cm³/mol. The zero-order chi connectivity index (χ0) is 15.0. The zero-order valence-electron chi connectivity index (χ0n) is 13.0. The van der Waals surface area contributed by atoms with Gasteiger partial charge in [0.25, 0.3) is 0 Å². The van der Waals surface area contributed by atoms with Crippen LogP contribution in [0.25, 0.3) is 0 Å². The number of hydrogen-bond acceptors (Lipinski definition) is 3. The molecule has 0 aromatic heterocycles. The van der Waals surface area contributed by atoms with Crippen LogP contribution in [0.2, 0.25) is 0 Å². The van der Waals surface area contributed by atoms with E-state index in [-0.39, 0.29) is 11.3 Å². The van der Waals surface area contributed by atoms with Gasteiger partial charge in [-0.05, 0) is 12.5 Å². The summed E-state index contributed by atoms with van der Waals surface area (Å²) in [6.07, 6.45) is 0. The quantitative estimate of drug-likeness (QED) is 0.711. The molecule has 1 amide bonds. The van der Waals surface area contributed by atoms with Crippen LogP contribution in [0, 0.1) is 6.92 Å². The standard InChI is InChI=1S/C16H26N2O2/c1-13-6-5-7-14(10-13)16(2,3)12-18-15(19)11-17-8-9-20-4/h5-7,10,17H,8-9,11-12H2,1-4H3,(H,18,19). The normalized spacial score (nSPS) is 11.4. The lowest BCUT2D eigenvalue weighted by Gasteiger charge is -2.26. The maximum absolute atomic E-state index is 11.7. The van der Waals surface area contributed by atoms with Gasteiger partial charge in [-0.3, -0.25) is 4.79 Å². The van der Waals surface area contributed by atoms with Gasteiger partial charge in [-0.25, -0.2) is 0 Å². The summed E-state index contributed by atoms with van der Waals surface area (Å²) in [5.41, 5.74) is 2.40. The summed E-state index contributed by atoms with van der Waals surface area (Å²) in [6.45, 7) is 8.61. The molecule has 0 bridgehead atoms. The second-order valence-electron chi connectivity index (χ2n) is 5.70. The van der Waals surface area contributed by atoms with E-state index in [9.17, 15) is 4.79 Å². The lowest BCUT2D eigenvalue weighted by atomic mass is 9.84. The van der Waals surface area contributed by atoms with E-state index in [1.54, 1.807) is 7.11 Å². The van der Waals surface area contributed by atoms with E-state index < -0.39 is 0 Å². The van der Waals surface area contributed by atoms with Crippen molar-refractivity contribution in [2.75, 3.05) is 33.4 Å². The van der Waals surface area contributed by atoms with Gasteiger partial charge in [0.2, 0.25) is 5.91 Å². The highest BCUT2D eigenvalue weighted by Gasteiger charge is 2.21. The number of hydrogen-bond donors (Lipinski definition) is 2. The highest BCUT2D eigenvalue weighted by atomic mass is 16.5. The van der Waals surface area contributed by atoms with Gasteiger partial charge in [0.1, 0.15) is 0 Å². The third kappa shape index (κ3) is 5.72. The molecule has 0 unspecified atom stereocenters. The number of rotatable bonds is 8. The Kier molecular flexibility index (Phi) is 6.68. The summed E-state index contributed by atoms with van der Waals surface area (Å²) >= 11 is 0. The van der Waals surface area contributed by atoms with Gasteiger partial charge in [0, 0.05) is 25.6 Å². The Morgan fingerprint density at radius 3 is 2.75 bits per heavy atom. The Labute approximate surface area is 121 Å². The van der Waals surface area contributed by atoms with Gasteiger partial charge in [0.15, 0.2) is 0 Å². The molecule has 0 saturated carbocycles. The number of ether oxygens (including phenoxy) is 1. The molecule has 1 rings (SSSR count). The maximum Gasteiger partial charge on any atom is 0.233 e. The minimum Gasteiger partial charge on any atom is -0.383 e. The van der Waals surface area contributed by atoms with Crippen molar-refractivity contribution in [2.24, 2.45) is 0 Å². The minimum atomic E-state index is -0.0752. The van der Waals surface area contributed by atoms with Crippen molar-refractivity contribution in [3.63, 3.8) is 0 Å². The lowest BCUT2D eigenvalue weighted by molar-refractivity contribution is -0.120. The molecular weight excluding hydrogens is 252 g/mol. The smallest absolute Gasteiger partial charge is 0.233 e. The number of amides is 1. The van der Waals surface area contributed by atoms with E-state index in [0.717, 1.165) is 0 Å². The summed E-state index contributed by atoms with van der Waals surface area (Å²) in [4.78, 5) is 11.7. The van der Waals surface area contributed by atoms with Crippen LogP contribution in [-0.2, 0) is 14.9 Å². The van der Waals surface area contributed by atoms with Crippen LogP contribution in [0.4, 0.5) is 0 Å².